The maximum atomic E-state index is 11.1. The van der Waals surface area contributed by atoms with Gasteiger partial charge in [-0.15, -0.1) is 0 Å². The third kappa shape index (κ3) is 2.64. The van der Waals surface area contributed by atoms with Crippen LogP contribution in [0, 0.1) is 11.8 Å². The first-order valence-corrected chi connectivity index (χ1v) is 4.72. The van der Waals surface area contributed by atoms with Gasteiger partial charge in [-0.1, -0.05) is 13.8 Å². The molecule has 1 aliphatic carbocycles. The van der Waals surface area contributed by atoms with E-state index in [2.05, 4.69) is 13.8 Å². The van der Waals surface area contributed by atoms with Crippen LogP contribution in [0.3, 0.4) is 0 Å². The molecule has 1 saturated carbocycles. The molecule has 0 amide bonds. The lowest BCUT2D eigenvalue weighted by Crippen LogP contribution is -2.07. The predicted octanol–water partition coefficient (Wildman–Crippen LogP) is 2.79. The van der Waals surface area contributed by atoms with Crippen LogP contribution in [0.5, 0.6) is 0 Å². The van der Waals surface area contributed by atoms with Gasteiger partial charge in [0.2, 0.25) is 0 Å². The Labute approximate surface area is 69.2 Å². The van der Waals surface area contributed by atoms with Crippen molar-refractivity contribution in [2.24, 2.45) is 11.8 Å². The van der Waals surface area contributed by atoms with E-state index in [9.17, 15) is 4.79 Å². The van der Waals surface area contributed by atoms with Crippen molar-refractivity contribution in [1.29, 1.82) is 0 Å². The van der Waals surface area contributed by atoms with Crippen LogP contribution in [0.1, 0.15) is 46.0 Å². The van der Waals surface area contributed by atoms with E-state index < -0.39 is 0 Å². The summed E-state index contributed by atoms with van der Waals surface area (Å²) in [6, 6.07) is 0. The second-order valence-electron chi connectivity index (χ2n) is 3.97. The first kappa shape index (κ1) is 8.76. The van der Waals surface area contributed by atoms with Crippen molar-refractivity contribution in [3.8, 4) is 0 Å². The highest BCUT2D eigenvalue weighted by Gasteiger charge is 2.18. The molecule has 64 valence electrons. The second-order valence-corrected chi connectivity index (χ2v) is 3.97. The van der Waals surface area contributed by atoms with E-state index in [1.807, 2.05) is 0 Å². The summed E-state index contributed by atoms with van der Waals surface area (Å²) < 4.78 is 0. The molecular formula is C10H18O. The topological polar surface area (TPSA) is 17.1 Å². The van der Waals surface area contributed by atoms with Crippen LogP contribution >= 0.6 is 0 Å². The molecule has 1 fully saturated rings. The smallest absolute Gasteiger partial charge is 0.132 e. The van der Waals surface area contributed by atoms with E-state index >= 15 is 0 Å². The van der Waals surface area contributed by atoms with Gasteiger partial charge in [0.15, 0.2) is 0 Å². The van der Waals surface area contributed by atoms with Crippen LogP contribution in [0.15, 0.2) is 0 Å². The molecule has 0 bridgehead atoms. The standard InChI is InChI=1S/C10H18O/c1-8(2)9-4-3-5-10(11)7-6-9/h8-9H,3-7H2,1-2H3. The lowest BCUT2D eigenvalue weighted by molar-refractivity contribution is -0.118. The molecule has 0 aliphatic heterocycles. The minimum absolute atomic E-state index is 0.480. The summed E-state index contributed by atoms with van der Waals surface area (Å²) in [5.41, 5.74) is 0. The molecular weight excluding hydrogens is 136 g/mol. The SMILES string of the molecule is CC(C)C1CCCC(=O)CC1. The summed E-state index contributed by atoms with van der Waals surface area (Å²) in [6.07, 6.45) is 5.20. The number of hydrogen-bond donors (Lipinski definition) is 0. The largest absolute Gasteiger partial charge is 0.300 e. The van der Waals surface area contributed by atoms with Gasteiger partial charge in [0, 0.05) is 12.8 Å². The van der Waals surface area contributed by atoms with Crippen molar-refractivity contribution in [3.05, 3.63) is 0 Å². The fraction of sp³-hybridized carbons (Fsp3) is 0.900. The summed E-state index contributed by atoms with van der Waals surface area (Å²) in [7, 11) is 0. The molecule has 1 unspecified atom stereocenters. The van der Waals surface area contributed by atoms with Gasteiger partial charge in [-0.05, 0) is 31.1 Å². The Hall–Kier alpha value is -0.330. The molecule has 0 N–H and O–H groups in total. The third-order valence-electron chi connectivity index (χ3n) is 2.77. The molecule has 0 saturated heterocycles. The van der Waals surface area contributed by atoms with Crippen molar-refractivity contribution in [1.82, 2.24) is 0 Å². The summed E-state index contributed by atoms with van der Waals surface area (Å²) >= 11 is 0. The maximum absolute atomic E-state index is 11.1. The van der Waals surface area contributed by atoms with E-state index in [4.69, 9.17) is 0 Å². The van der Waals surface area contributed by atoms with E-state index in [0.717, 1.165) is 37.5 Å². The lowest BCUT2D eigenvalue weighted by atomic mass is 9.89. The van der Waals surface area contributed by atoms with Crippen LogP contribution in [-0.4, -0.2) is 5.78 Å². The number of carbonyl (C=O) groups is 1. The van der Waals surface area contributed by atoms with Crippen LogP contribution < -0.4 is 0 Å². The molecule has 11 heavy (non-hydrogen) atoms. The van der Waals surface area contributed by atoms with Gasteiger partial charge in [-0.25, -0.2) is 0 Å². The van der Waals surface area contributed by atoms with E-state index in [1.54, 1.807) is 0 Å². The maximum Gasteiger partial charge on any atom is 0.132 e. The summed E-state index contributed by atoms with van der Waals surface area (Å²) in [5, 5.41) is 0. The molecule has 1 heteroatoms. The molecule has 0 aromatic rings. The zero-order valence-corrected chi connectivity index (χ0v) is 7.60. The molecule has 1 rings (SSSR count). The van der Waals surface area contributed by atoms with Gasteiger partial charge >= 0.3 is 0 Å². The fourth-order valence-electron chi connectivity index (χ4n) is 1.84. The van der Waals surface area contributed by atoms with Gasteiger partial charge in [-0.2, -0.15) is 0 Å². The van der Waals surface area contributed by atoms with E-state index in [1.165, 1.54) is 6.42 Å². The number of ketones is 1. The number of carbonyl (C=O) groups excluding carboxylic acids is 1. The number of rotatable bonds is 1. The Bertz CT molecular complexity index is 138. The fourth-order valence-corrected chi connectivity index (χ4v) is 1.84. The molecule has 0 spiro atoms. The van der Waals surface area contributed by atoms with Gasteiger partial charge in [0.1, 0.15) is 5.78 Å². The van der Waals surface area contributed by atoms with Gasteiger partial charge in [0.25, 0.3) is 0 Å². The number of Topliss-reactive ketones (excluding diaryl/α,β-unsaturated/α-hetero) is 1. The van der Waals surface area contributed by atoms with E-state index in [0.29, 0.717) is 5.78 Å². The minimum Gasteiger partial charge on any atom is -0.300 e. The van der Waals surface area contributed by atoms with Crippen molar-refractivity contribution in [3.63, 3.8) is 0 Å². The summed E-state index contributed by atoms with van der Waals surface area (Å²) in [6.45, 7) is 4.53. The van der Waals surface area contributed by atoms with E-state index in [-0.39, 0.29) is 0 Å². The van der Waals surface area contributed by atoms with Crippen LogP contribution in [0.2, 0.25) is 0 Å². The Balaban J connectivity index is 2.40. The van der Waals surface area contributed by atoms with Crippen molar-refractivity contribution >= 4 is 5.78 Å². The molecule has 0 aromatic heterocycles. The van der Waals surface area contributed by atoms with Gasteiger partial charge < -0.3 is 0 Å². The third-order valence-corrected chi connectivity index (χ3v) is 2.77. The van der Waals surface area contributed by atoms with Gasteiger partial charge in [-0.3, -0.25) is 4.79 Å². The lowest BCUT2D eigenvalue weighted by Gasteiger charge is -2.16. The minimum atomic E-state index is 0.480. The molecule has 1 atom stereocenters. The first-order chi connectivity index (χ1) is 5.20. The van der Waals surface area contributed by atoms with Crippen molar-refractivity contribution < 1.29 is 4.79 Å². The average Bonchev–Trinajstić information content (AvgIpc) is 2.13. The Morgan fingerprint density at radius 2 is 2.00 bits per heavy atom. The molecule has 1 aliphatic rings. The normalized spacial score (nSPS) is 27.2. The molecule has 1 nitrogen and oxygen atoms in total. The Morgan fingerprint density at radius 3 is 2.64 bits per heavy atom. The molecule has 0 heterocycles. The molecule has 0 aromatic carbocycles. The second kappa shape index (κ2) is 3.89. The van der Waals surface area contributed by atoms with Crippen LogP contribution in [-0.2, 0) is 4.79 Å². The van der Waals surface area contributed by atoms with Crippen molar-refractivity contribution in [2.75, 3.05) is 0 Å². The zero-order valence-electron chi connectivity index (χ0n) is 7.60. The van der Waals surface area contributed by atoms with Crippen LogP contribution in [0.25, 0.3) is 0 Å². The highest BCUT2D eigenvalue weighted by molar-refractivity contribution is 5.78. The highest BCUT2D eigenvalue weighted by atomic mass is 16.1. The Kier molecular flexibility index (Phi) is 3.10. The summed E-state index contributed by atoms with van der Waals surface area (Å²) in [5.74, 6) is 2.05. The highest BCUT2D eigenvalue weighted by Crippen LogP contribution is 2.26. The quantitative estimate of drug-likeness (QED) is 0.531. The predicted molar refractivity (Wildman–Crippen MR) is 46.4 cm³/mol. The average molecular weight is 154 g/mol. The summed E-state index contributed by atoms with van der Waals surface area (Å²) in [4.78, 5) is 11.1. The Morgan fingerprint density at radius 1 is 1.27 bits per heavy atom. The number of hydrogen-bond acceptors (Lipinski definition) is 1. The monoisotopic (exact) mass is 154 g/mol. The first-order valence-electron chi connectivity index (χ1n) is 4.72. The molecule has 0 radical (unpaired) electrons. The van der Waals surface area contributed by atoms with Crippen LogP contribution in [0.4, 0.5) is 0 Å². The van der Waals surface area contributed by atoms with Crippen molar-refractivity contribution in [2.45, 2.75) is 46.0 Å². The zero-order chi connectivity index (χ0) is 8.27. The van der Waals surface area contributed by atoms with Gasteiger partial charge in [0.05, 0.1) is 0 Å².